The summed E-state index contributed by atoms with van der Waals surface area (Å²) in [7, 11) is 0. The van der Waals surface area contributed by atoms with Crippen molar-refractivity contribution in [2.45, 2.75) is 51.6 Å². The first-order chi connectivity index (χ1) is 11.2. The van der Waals surface area contributed by atoms with Gasteiger partial charge in [-0.15, -0.1) is 0 Å². The summed E-state index contributed by atoms with van der Waals surface area (Å²) in [6.45, 7) is 5.47. The lowest BCUT2D eigenvalue weighted by Crippen LogP contribution is -2.31. The van der Waals surface area contributed by atoms with E-state index in [1.807, 2.05) is 25.1 Å². The van der Waals surface area contributed by atoms with Crippen molar-refractivity contribution in [3.63, 3.8) is 0 Å². The number of carbonyl (C=O) groups excluding carboxylic acids is 1. The van der Waals surface area contributed by atoms with E-state index in [4.69, 9.17) is 14.2 Å². The molecule has 0 bridgehead atoms. The maximum atomic E-state index is 11.6. The maximum absolute atomic E-state index is 11.6. The average Bonchev–Trinajstić information content (AvgIpc) is 3.35. The van der Waals surface area contributed by atoms with Crippen LogP contribution in [0.3, 0.4) is 0 Å². The van der Waals surface area contributed by atoms with Crippen molar-refractivity contribution in [3.8, 4) is 0 Å². The molecule has 0 unspecified atom stereocenters. The van der Waals surface area contributed by atoms with Crippen molar-refractivity contribution in [1.82, 2.24) is 0 Å². The maximum Gasteiger partial charge on any atom is 0.338 e. The molecule has 2 heterocycles. The SMILES string of the molecule is CC[C@@H](/C=C(/C)[C@H]1C[C@@H]2O[C@@H]2C(=O)O1)COCc1ccccc1. The van der Waals surface area contributed by atoms with Crippen LogP contribution in [0.4, 0.5) is 0 Å². The minimum absolute atomic E-state index is 0.0685. The van der Waals surface area contributed by atoms with Crippen molar-refractivity contribution in [3.05, 3.63) is 47.5 Å². The zero-order valence-corrected chi connectivity index (χ0v) is 13.7. The molecule has 4 nitrogen and oxygen atoms in total. The highest BCUT2D eigenvalue weighted by Gasteiger charge is 2.52. The van der Waals surface area contributed by atoms with E-state index in [0.29, 0.717) is 19.1 Å². The lowest BCUT2D eigenvalue weighted by atomic mass is 9.97. The van der Waals surface area contributed by atoms with Crippen LogP contribution in [0.5, 0.6) is 0 Å². The first kappa shape index (κ1) is 16.2. The Morgan fingerprint density at radius 3 is 2.87 bits per heavy atom. The molecule has 2 aliphatic rings. The zero-order valence-electron chi connectivity index (χ0n) is 13.7. The summed E-state index contributed by atoms with van der Waals surface area (Å²) in [6, 6.07) is 10.2. The smallest absolute Gasteiger partial charge is 0.338 e. The summed E-state index contributed by atoms with van der Waals surface area (Å²) in [6.07, 6.45) is 3.59. The molecule has 3 rings (SSSR count). The monoisotopic (exact) mass is 316 g/mol. The van der Waals surface area contributed by atoms with Crippen LogP contribution >= 0.6 is 0 Å². The van der Waals surface area contributed by atoms with Gasteiger partial charge in [-0.2, -0.15) is 0 Å². The van der Waals surface area contributed by atoms with E-state index in [0.717, 1.165) is 18.4 Å². The summed E-state index contributed by atoms with van der Waals surface area (Å²) in [5.41, 5.74) is 2.28. The highest BCUT2D eigenvalue weighted by Crippen LogP contribution is 2.36. The van der Waals surface area contributed by atoms with Gasteiger partial charge in [0, 0.05) is 12.3 Å². The number of hydrogen-bond acceptors (Lipinski definition) is 4. The zero-order chi connectivity index (χ0) is 16.2. The fraction of sp³-hybridized carbons (Fsp3) is 0.526. The van der Waals surface area contributed by atoms with Gasteiger partial charge in [0.2, 0.25) is 0 Å². The second kappa shape index (κ2) is 7.28. The Kier molecular flexibility index (Phi) is 5.13. The van der Waals surface area contributed by atoms with Crippen molar-refractivity contribution >= 4 is 5.97 Å². The molecule has 23 heavy (non-hydrogen) atoms. The number of carbonyl (C=O) groups is 1. The van der Waals surface area contributed by atoms with Crippen LogP contribution in [0.15, 0.2) is 42.0 Å². The van der Waals surface area contributed by atoms with E-state index in [2.05, 4.69) is 25.1 Å². The summed E-state index contributed by atoms with van der Waals surface area (Å²) >= 11 is 0. The third-order valence-corrected chi connectivity index (χ3v) is 4.49. The highest BCUT2D eigenvalue weighted by atomic mass is 16.7. The molecule has 0 aliphatic carbocycles. The van der Waals surface area contributed by atoms with Crippen LogP contribution in [0.1, 0.15) is 32.3 Å². The van der Waals surface area contributed by atoms with Crippen molar-refractivity contribution in [2.24, 2.45) is 5.92 Å². The van der Waals surface area contributed by atoms with E-state index in [9.17, 15) is 4.79 Å². The normalized spacial score (nSPS) is 28.0. The van der Waals surface area contributed by atoms with E-state index >= 15 is 0 Å². The van der Waals surface area contributed by atoms with E-state index in [1.54, 1.807) is 0 Å². The van der Waals surface area contributed by atoms with Crippen molar-refractivity contribution in [2.75, 3.05) is 6.61 Å². The van der Waals surface area contributed by atoms with Crippen LogP contribution in [0.2, 0.25) is 0 Å². The molecule has 0 saturated carbocycles. The molecule has 1 aromatic rings. The predicted octanol–water partition coefficient (Wildman–Crippen LogP) is 3.26. The second-order valence-corrected chi connectivity index (χ2v) is 6.34. The molecule has 124 valence electrons. The Bertz CT molecular complexity index is 566. The Morgan fingerprint density at radius 1 is 1.39 bits per heavy atom. The summed E-state index contributed by atoms with van der Waals surface area (Å²) in [5, 5.41) is 0. The van der Waals surface area contributed by atoms with Gasteiger partial charge in [-0.3, -0.25) is 0 Å². The summed E-state index contributed by atoms with van der Waals surface area (Å²) < 4.78 is 16.6. The number of hydrogen-bond donors (Lipinski definition) is 0. The number of fused-ring (bicyclic) bond motifs is 1. The second-order valence-electron chi connectivity index (χ2n) is 6.34. The van der Waals surface area contributed by atoms with Crippen LogP contribution in [0.25, 0.3) is 0 Å². The first-order valence-corrected chi connectivity index (χ1v) is 8.33. The molecular formula is C19H24O4. The van der Waals surface area contributed by atoms with Gasteiger partial charge in [-0.1, -0.05) is 43.3 Å². The average molecular weight is 316 g/mol. The Morgan fingerprint density at radius 2 is 2.17 bits per heavy atom. The Labute approximate surface area is 137 Å². The topological polar surface area (TPSA) is 48.1 Å². The molecule has 0 aromatic heterocycles. The molecule has 2 aliphatic heterocycles. The Balaban J connectivity index is 1.50. The van der Waals surface area contributed by atoms with E-state index in [1.165, 1.54) is 5.56 Å². The number of benzene rings is 1. The molecule has 4 atom stereocenters. The molecule has 4 heteroatoms. The Hall–Kier alpha value is -1.65. The number of ether oxygens (including phenoxy) is 3. The van der Waals surface area contributed by atoms with Gasteiger partial charge in [0.1, 0.15) is 6.10 Å². The fourth-order valence-corrected chi connectivity index (χ4v) is 2.94. The number of esters is 1. The largest absolute Gasteiger partial charge is 0.456 e. The lowest BCUT2D eigenvalue weighted by molar-refractivity contribution is -0.150. The van der Waals surface area contributed by atoms with Gasteiger partial charge in [-0.25, -0.2) is 4.79 Å². The van der Waals surface area contributed by atoms with Crippen molar-refractivity contribution < 1.29 is 19.0 Å². The van der Waals surface area contributed by atoms with Crippen LogP contribution in [-0.4, -0.2) is 30.9 Å². The van der Waals surface area contributed by atoms with Gasteiger partial charge < -0.3 is 14.2 Å². The van der Waals surface area contributed by atoms with E-state index < -0.39 is 0 Å². The highest BCUT2D eigenvalue weighted by molar-refractivity contribution is 5.79. The van der Waals surface area contributed by atoms with Gasteiger partial charge in [0.15, 0.2) is 6.10 Å². The van der Waals surface area contributed by atoms with Crippen LogP contribution in [-0.2, 0) is 25.6 Å². The molecule has 0 N–H and O–H groups in total. The van der Waals surface area contributed by atoms with Crippen LogP contribution in [0, 0.1) is 5.92 Å². The van der Waals surface area contributed by atoms with Crippen molar-refractivity contribution in [1.29, 1.82) is 0 Å². The molecule has 1 aromatic carbocycles. The number of rotatable bonds is 7. The molecule has 0 radical (unpaired) electrons. The predicted molar refractivity (Wildman–Crippen MR) is 86.8 cm³/mol. The summed E-state index contributed by atoms with van der Waals surface area (Å²) in [5.74, 6) is 0.114. The minimum atomic E-state index is -0.296. The van der Waals surface area contributed by atoms with Gasteiger partial charge >= 0.3 is 5.97 Å². The molecule has 2 saturated heterocycles. The van der Waals surface area contributed by atoms with Gasteiger partial charge in [-0.05, 0) is 24.5 Å². The van der Waals surface area contributed by atoms with E-state index in [-0.39, 0.29) is 24.3 Å². The fourth-order valence-electron chi connectivity index (χ4n) is 2.94. The summed E-state index contributed by atoms with van der Waals surface area (Å²) in [4.78, 5) is 11.6. The molecule has 0 amide bonds. The molecule has 2 fully saturated rings. The van der Waals surface area contributed by atoms with Gasteiger partial charge in [0.25, 0.3) is 0 Å². The third kappa shape index (κ3) is 4.21. The number of cyclic esters (lactones) is 1. The molecule has 0 spiro atoms. The third-order valence-electron chi connectivity index (χ3n) is 4.49. The quantitative estimate of drug-likeness (QED) is 0.440. The first-order valence-electron chi connectivity index (χ1n) is 8.33. The molecular weight excluding hydrogens is 292 g/mol. The standard InChI is InChI=1S/C19H24O4/c1-3-14(11-21-12-15-7-5-4-6-8-15)9-13(2)16-10-17-18(22-17)19(20)23-16/h4-9,14,16-18H,3,10-12H2,1-2H3/b13-9-/t14-,16+,17-,18-/m0/s1. The lowest BCUT2D eigenvalue weighted by Gasteiger charge is -2.22. The van der Waals surface area contributed by atoms with Crippen LogP contribution < -0.4 is 0 Å². The minimum Gasteiger partial charge on any atom is -0.456 e. The number of epoxide rings is 1. The van der Waals surface area contributed by atoms with Gasteiger partial charge in [0.05, 0.1) is 19.3 Å².